The van der Waals surface area contributed by atoms with E-state index in [0.29, 0.717) is 10.1 Å². The van der Waals surface area contributed by atoms with Crippen molar-refractivity contribution in [2.75, 3.05) is 0 Å². The summed E-state index contributed by atoms with van der Waals surface area (Å²) in [7, 11) is 0. The van der Waals surface area contributed by atoms with Crippen LogP contribution in [0.25, 0.3) is 0 Å². The van der Waals surface area contributed by atoms with Gasteiger partial charge in [0.1, 0.15) is 5.82 Å². The van der Waals surface area contributed by atoms with Gasteiger partial charge in [0.15, 0.2) is 0 Å². The van der Waals surface area contributed by atoms with E-state index < -0.39 is 0 Å². The Labute approximate surface area is 123 Å². The molecular weight excluding hydrogens is 361 g/mol. The van der Waals surface area contributed by atoms with Gasteiger partial charge in [0.05, 0.1) is 20.8 Å². The predicted molar refractivity (Wildman–Crippen MR) is 81.2 cm³/mol. The largest absolute Gasteiger partial charge is 0.290 e. The summed E-state index contributed by atoms with van der Waals surface area (Å²) in [5.41, 5.74) is 0.950. The highest BCUT2D eigenvalue weighted by Gasteiger charge is 2.08. The third kappa shape index (κ3) is 2.97. The van der Waals surface area contributed by atoms with Crippen LogP contribution in [0.1, 0.15) is 29.9 Å². The molecule has 0 N–H and O–H groups in total. The van der Waals surface area contributed by atoms with Crippen LogP contribution in [-0.2, 0) is 13.0 Å². The maximum absolute atomic E-state index is 12.0. The predicted octanol–water partition coefficient (Wildman–Crippen LogP) is 2.61. The molecule has 2 aromatic rings. The first kappa shape index (κ1) is 13.7. The van der Waals surface area contributed by atoms with Crippen LogP contribution in [0.15, 0.2) is 16.4 Å². The molecule has 18 heavy (non-hydrogen) atoms. The second-order valence-electron chi connectivity index (χ2n) is 4.03. The summed E-state index contributed by atoms with van der Waals surface area (Å²) in [5, 5.41) is 3.16. The highest BCUT2D eigenvalue weighted by atomic mass is 127. The lowest BCUT2D eigenvalue weighted by molar-refractivity contribution is 0.681. The summed E-state index contributed by atoms with van der Waals surface area (Å²) >= 11 is 3.67. The molecule has 0 spiro atoms. The van der Waals surface area contributed by atoms with Crippen LogP contribution in [0.5, 0.6) is 0 Å². The topological polar surface area (TPSA) is 47.8 Å². The first-order chi connectivity index (χ1) is 8.61. The Morgan fingerprint density at radius 2 is 2.28 bits per heavy atom. The van der Waals surface area contributed by atoms with Gasteiger partial charge < -0.3 is 0 Å². The number of aryl methyl sites for hydroxylation is 2. The van der Waals surface area contributed by atoms with Gasteiger partial charge in [0.2, 0.25) is 0 Å². The Morgan fingerprint density at radius 1 is 1.50 bits per heavy atom. The third-order valence-corrected chi connectivity index (χ3v) is 4.29. The highest BCUT2D eigenvalue weighted by Crippen LogP contribution is 2.12. The summed E-state index contributed by atoms with van der Waals surface area (Å²) in [4.78, 5) is 20.8. The molecule has 0 aromatic carbocycles. The number of hydrogen-bond donors (Lipinski definition) is 0. The average Bonchev–Trinajstić information content (AvgIpc) is 2.78. The first-order valence-electron chi connectivity index (χ1n) is 5.77. The summed E-state index contributed by atoms with van der Waals surface area (Å²) < 4.78 is 2.31. The van der Waals surface area contributed by atoms with Crippen molar-refractivity contribution in [3.63, 3.8) is 0 Å². The van der Waals surface area contributed by atoms with E-state index >= 15 is 0 Å². The summed E-state index contributed by atoms with van der Waals surface area (Å²) in [6.07, 6.45) is 3.71. The zero-order chi connectivity index (χ0) is 13.1. The summed E-state index contributed by atoms with van der Waals surface area (Å²) in [6.45, 7) is 4.49. The van der Waals surface area contributed by atoms with Gasteiger partial charge in [-0.25, -0.2) is 9.97 Å². The van der Waals surface area contributed by atoms with Gasteiger partial charge in [0, 0.05) is 11.6 Å². The van der Waals surface area contributed by atoms with E-state index in [1.165, 1.54) is 0 Å². The van der Waals surface area contributed by atoms with Crippen molar-refractivity contribution in [3.8, 4) is 0 Å². The monoisotopic (exact) mass is 375 g/mol. The van der Waals surface area contributed by atoms with Gasteiger partial charge in [-0.15, -0.1) is 11.3 Å². The molecular formula is C12H14IN3OS. The molecule has 0 saturated carbocycles. The van der Waals surface area contributed by atoms with Crippen molar-refractivity contribution >= 4 is 33.9 Å². The fourth-order valence-electron chi connectivity index (χ4n) is 1.65. The number of nitrogens with zero attached hydrogens (tertiary/aromatic N) is 3. The number of halogens is 1. The van der Waals surface area contributed by atoms with Crippen LogP contribution < -0.4 is 5.56 Å². The molecule has 0 atom stereocenters. The van der Waals surface area contributed by atoms with Gasteiger partial charge in [-0.3, -0.25) is 9.36 Å². The van der Waals surface area contributed by atoms with Crippen molar-refractivity contribution in [1.29, 1.82) is 0 Å². The van der Waals surface area contributed by atoms with E-state index in [9.17, 15) is 4.79 Å². The molecule has 2 heterocycles. The van der Waals surface area contributed by atoms with Gasteiger partial charge in [-0.05, 0) is 42.4 Å². The molecule has 2 rings (SSSR count). The molecule has 0 aliphatic heterocycles. The minimum Gasteiger partial charge on any atom is -0.290 e. The minimum absolute atomic E-state index is 0.00754. The van der Waals surface area contributed by atoms with Crippen molar-refractivity contribution in [2.45, 2.75) is 33.2 Å². The number of hydrogen-bond acceptors (Lipinski definition) is 4. The molecule has 6 heteroatoms. The number of thiazole rings is 1. The van der Waals surface area contributed by atoms with E-state index in [1.807, 2.05) is 34.9 Å². The van der Waals surface area contributed by atoms with Crippen LogP contribution in [0.3, 0.4) is 0 Å². The second kappa shape index (κ2) is 5.92. The summed E-state index contributed by atoms with van der Waals surface area (Å²) in [5.74, 6) is 0.727. The Balaban J connectivity index is 2.28. The smallest absolute Gasteiger partial charge is 0.267 e. The maximum Gasteiger partial charge on any atom is 0.267 e. The minimum atomic E-state index is 0.00754. The SMILES string of the molecule is CCCc1nc(Cn2c(C)ncc(I)c2=O)cs1. The normalized spacial score (nSPS) is 10.8. The lowest BCUT2D eigenvalue weighted by Gasteiger charge is -2.07. The fourth-order valence-corrected chi connectivity index (χ4v) is 2.97. The summed E-state index contributed by atoms with van der Waals surface area (Å²) in [6, 6.07) is 0. The highest BCUT2D eigenvalue weighted by molar-refractivity contribution is 14.1. The van der Waals surface area contributed by atoms with Crippen LogP contribution in [0.4, 0.5) is 0 Å². The Kier molecular flexibility index (Phi) is 4.50. The van der Waals surface area contributed by atoms with Crippen LogP contribution in [-0.4, -0.2) is 14.5 Å². The van der Waals surface area contributed by atoms with Gasteiger partial charge in [-0.2, -0.15) is 0 Å². The average molecular weight is 375 g/mol. The van der Waals surface area contributed by atoms with Crippen LogP contribution >= 0.6 is 33.9 Å². The van der Waals surface area contributed by atoms with E-state index in [0.717, 1.165) is 29.4 Å². The molecule has 96 valence electrons. The van der Waals surface area contributed by atoms with E-state index in [4.69, 9.17) is 0 Å². The van der Waals surface area contributed by atoms with Crippen molar-refractivity contribution in [2.24, 2.45) is 0 Å². The molecule has 2 aromatic heterocycles. The lowest BCUT2D eigenvalue weighted by atomic mass is 10.3. The second-order valence-corrected chi connectivity index (χ2v) is 6.13. The standard InChI is InChI=1S/C12H14IN3OS/c1-3-4-11-15-9(7-18-11)6-16-8(2)14-5-10(13)12(16)17/h5,7H,3-4,6H2,1-2H3. The fraction of sp³-hybridized carbons (Fsp3) is 0.417. The number of rotatable bonds is 4. The first-order valence-corrected chi connectivity index (χ1v) is 7.73. The zero-order valence-electron chi connectivity index (χ0n) is 10.3. The number of aromatic nitrogens is 3. The van der Waals surface area contributed by atoms with E-state index in [1.54, 1.807) is 22.1 Å². The molecule has 0 bridgehead atoms. The Morgan fingerprint density at radius 3 is 3.00 bits per heavy atom. The van der Waals surface area contributed by atoms with E-state index in [-0.39, 0.29) is 5.56 Å². The van der Waals surface area contributed by atoms with Crippen LogP contribution in [0, 0.1) is 10.5 Å². The third-order valence-electron chi connectivity index (χ3n) is 2.59. The molecule has 0 aliphatic rings. The Hall–Kier alpha value is -0.760. The van der Waals surface area contributed by atoms with Crippen molar-refractivity contribution < 1.29 is 0 Å². The molecule has 0 aliphatic carbocycles. The molecule has 0 saturated heterocycles. The van der Waals surface area contributed by atoms with E-state index in [2.05, 4.69) is 16.9 Å². The van der Waals surface area contributed by atoms with Gasteiger partial charge in [-0.1, -0.05) is 6.92 Å². The van der Waals surface area contributed by atoms with Crippen LogP contribution in [0.2, 0.25) is 0 Å². The van der Waals surface area contributed by atoms with Gasteiger partial charge in [0.25, 0.3) is 5.56 Å². The molecule has 4 nitrogen and oxygen atoms in total. The Bertz CT molecular complexity index is 606. The quantitative estimate of drug-likeness (QED) is 0.772. The van der Waals surface area contributed by atoms with Crippen molar-refractivity contribution in [1.82, 2.24) is 14.5 Å². The lowest BCUT2D eigenvalue weighted by Crippen LogP contribution is -2.26. The van der Waals surface area contributed by atoms with Crippen molar-refractivity contribution in [3.05, 3.63) is 42.0 Å². The molecule has 0 fully saturated rings. The molecule has 0 radical (unpaired) electrons. The maximum atomic E-state index is 12.0. The molecule has 0 unspecified atom stereocenters. The van der Waals surface area contributed by atoms with Gasteiger partial charge >= 0.3 is 0 Å². The zero-order valence-corrected chi connectivity index (χ0v) is 13.3. The molecule has 0 amide bonds.